The lowest BCUT2D eigenvalue weighted by Crippen LogP contribution is -2.21. The molecule has 0 atom stereocenters. The molecule has 150 valence electrons. The second-order valence-electron chi connectivity index (χ2n) is 6.49. The van der Waals surface area contributed by atoms with Crippen molar-refractivity contribution in [3.63, 3.8) is 0 Å². The number of aromatic nitrogens is 2. The quantitative estimate of drug-likeness (QED) is 0.605. The van der Waals surface area contributed by atoms with E-state index in [1.54, 1.807) is 13.0 Å². The number of carbonyl (C=O) groups is 1. The Morgan fingerprint density at radius 3 is 2.21 bits per heavy atom. The normalized spacial score (nSPS) is 10.5. The summed E-state index contributed by atoms with van der Waals surface area (Å²) in [7, 11) is 0. The average molecular weight is 393 g/mol. The van der Waals surface area contributed by atoms with Gasteiger partial charge in [-0.05, 0) is 69.3 Å². The number of halogens is 1. The Balaban J connectivity index is 1.74. The highest BCUT2D eigenvalue weighted by atomic mass is 19.1. The molecule has 0 aliphatic heterocycles. The highest BCUT2D eigenvalue weighted by Crippen LogP contribution is 2.21. The van der Waals surface area contributed by atoms with Gasteiger partial charge in [0.05, 0.1) is 0 Å². The first-order valence-corrected chi connectivity index (χ1v) is 9.53. The van der Waals surface area contributed by atoms with Gasteiger partial charge in [0.15, 0.2) is 0 Å². The first-order chi connectivity index (χ1) is 14.0. The van der Waals surface area contributed by atoms with Gasteiger partial charge in [-0.15, -0.1) is 0 Å². The van der Waals surface area contributed by atoms with Crippen molar-refractivity contribution in [1.82, 2.24) is 9.97 Å². The Kier molecular flexibility index (Phi) is 6.39. The van der Waals surface area contributed by atoms with Crippen LogP contribution in [0.1, 0.15) is 30.2 Å². The largest absolute Gasteiger partial charge is 0.372 e. The molecule has 6 nitrogen and oxygen atoms in total. The maximum Gasteiger partial charge on any atom is 0.274 e. The molecule has 0 unspecified atom stereocenters. The SMILES string of the molecule is CCN(CC)c1ccc(Nc2cc(C(=O)Nc3ccc(F)cc3)nc(C)n2)cc1. The lowest BCUT2D eigenvalue weighted by atomic mass is 10.2. The fourth-order valence-electron chi connectivity index (χ4n) is 2.97. The molecule has 0 radical (unpaired) electrons. The van der Waals surface area contributed by atoms with E-state index in [1.807, 2.05) is 24.3 Å². The predicted octanol–water partition coefficient (Wildman–Crippen LogP) is 4.77. The number of benzene rings is 2. The van der Waals surface area contributed by atoms with Crippen molar-refractivity contribution in [2.75, 3.05) is 28.6 Å². The van der Waals surface area contributed by atoms with E-state index < -0.39 is 0 Å². The molecule has 3 rings (SSSR count). The van der Waals surface area contributed by atoms with Crippen molar-refractivity contribution in [3.05, 3.63) is 71.9 Å². The van der Waals surface area contributed by atoms with Crippen LogP contribution in [0.2, 0.25) is 0 Å². The van der Waals surface area contributed by atoms with Crippen LogP contribution in [0.15, 0.2) is 54.6 Å². The average Bonchev–Trinajstić information content (AvgIpc) is 2.71. The highest BCUT2D eigenvalue weighted by molar-refractivity contribution is 6.03. The van der Waals surface area contributed by atoms with Crippen molar-refractivity contribution in [3.8, 4) is 0 Å². The molecule has 0 aliphatic rings. The van der Waals surface area contributed by atoms with Crippen LogP contribution in [0.5, 0.6) is 0 Å². The van der Waals surface area contributed by atoms with Crippen molar-refractivity contribution in [1.29, 1.82) is 0 Å². The Morgan fingerprint density at radius 1 is 0.966 bits per heavy atom. The second kappa shape index (κ2) is 9.14. The summed E-state index contributed by atoms with van der Waals surface area (Å²) in [6, 6.07) is 15.2. The standard InChI is InChI=1S/C22H24FN5O/c1-4-28(5-2)19-12-10-17(11-13-19)26-21-14-20(24-15(3)25-21)22(29)27-18-8-6-16(23)7-9-18/h6-14H,4-5H2,1-3H3,(H,27,29)(H,24,25,26). The van der Waals surface area contributed by atoms with Crippen LogP contribution < -0.4 is 15.5 Å². The molecular formula is C22H24FN5O. The van der Waals surface area contributed by atoms with Gasteiger partial charge in [0.2, 0.25) is 0 Å². The Labute approximate surface area is 169 Å². The van der Waals surface area contributed by atoms with Crippen LogP contribution >= 0.6 is 0 Å². The number of aryl methyl sites for hydroxylation is 1. The fourth-order valence-corrected chi connectivity index (χ4v) is 2.97. The number of hydrogen-bond acceptors (Lipinski definition) is 5. The van der Waals surface area contributed by atoms with E-state index in [0.29, 0.717) is 17.3 Å². The molecule has 29 heavy (non-hydrogen) atoms. The Hall–Kier alpha value is -3.48. The van der Waals surface area contributed by atoms with Gasteiger partial charge in [-0.1, -0.05) is 0 Å². The van der Waals surface area contributed by atoms with E-state index in [1.165, 1.54) is 24.3 Å². The van der Waals surface area contributed by atoms with Gasteiger partial charge in [0, 0.05) is 36.2 Å². The van der Waals surface area contributed by atoms with E-state index in [9.17, 15) is 9.18 Å². The van der Waals surface area contributed by atoms with E-state index >= 15 is 0 Å². The second-order valence-corrected chi connectivity index (χ2v) is 6.49. The lowest BCUT2D eigenvalue weighted by Gasteiger charge is -2.21. The summed E-state index contributed by atoms with van der Waals surface area (Å²) >= 11 is 0. The number of hydrogen-bond donors (Lipinski definition) is 2. The molecule has 0 saturated heterocycles. The number of nitrogens with one attached hydrogen (secondary N) is 2. The van der Waals surface area contributed by atoms with Crippen molar-refractivity contribution in [2.45, 2.75) is 20.8 Å². The van der Waals surface area contributed by atoms with E-state index in [4.69, 9.17) is 0 Å². The van der Waals surface area contributed by atoms with Gasteiger partial charge >= 0.3 is 0 Å². The number of carbonyl (C=O) groups excluding carboxylic acids is 1. The zero-order chi connectivity index (χ0) is 20.8. The van der Waals surface area contributed by atoms with Crippen LogP contribution in [-0.2, 0) is 0 Å². The van der Waals surface area contributed by atoms with Gasteiger partial charge in [-0.3, -0.25) is 4.79 Å². The third-order valence-corrected chi connectivity index (χ3v) is 4.44. The molecule has 0 bridgehead atoms. The number of rotatable bonds is 7. The van der Waals surface area contributed by atoms with Crippen LogP contribution in [-0.4, -0.2) is 29.0 Å². The summed E-state index contributed by atoms with van der Waals surface area (Å²) in [5.41, 5.74) is 2.74. The van der Waals surface area contributed by atoms with Crippen LogP contribution in [0.4, 0.5) is 27.3 Å². The van der Waals surface area contributed by atoms with Gasteiger partial charge < -0.3 is 15.5 Å². The molecule has 0 aliphatic carbocycles. The summed E-state index contributed by atoms with van der Waals surface area (Å²) in [5, 5.41) is 5.92. The zero-order valence-corrected chi connectivity index (χ0v) is 16.7. The van der Waals surface area contributed by atoms with Crippen molar-refractivity contribution >= 4 is 28.8 Å². The lowest BCUT2D eigenvalue weighted by molar-refractivity contribution is 0.102. The molecule has 1 heterocycles. The van der Waals surface area contributed by atoms with E-state index in [-0.39, 0.29) is 17.4 Å². The van der Waals surface area contributed by atoms with Crippen LogP contribution in [0.3, 0.4) is 0 Å². The third kappa shape index (κ3) is 5.28. The Bertz CT molecular complexity index is 969. The molecule has 1 amide bonds. The minimum atomic E-state index is -0.387. The number of anilines is 4. The zero-order valence-electron chi connectivity index (χ0n) is 16.7. The smallest absolute Gasteiger partial charge is 0.274 e. The molecule has 1 aromatic heterocycles. The van der Waals surface area contributed by atoms with Gasteiger partial charge in [-0.25, -0.2) is 14.4 Å². The van der Waals surface area contributed by atoms with E-state index in [0.717, 1.165) is 24.5 Å². The Morgan fingerprint density at radius 2 is 1.59 bits per heavy atom. The van der Waals surface area contributed by atoms with Gasteiger partial charge in [-0.2, -0.15) is 0 Å². The molecule has 0 saturated carbocycles. The monoisotopic (exact) mass is 393 g/mol. The summed E-state index contributed by atoms with van der Waals surface area (Å²) < 4.78 is 13.0. The van der Waals surface area contributed by atoms with Crippen molar-refractivity contribution < 1.29 is 9.18 Å². The molecular weight excluding hydrogens is 369 g/mol. The summed E-state index contributed by atoms with van der Waals surface area (Å²) in [6.07, 6.45) is 0. The fraction of sp³-hybridized carbons (Fsp3) is 0.227. The molecule has 2 aromatic carbocycles. The summed E-state index contributed by atoms with van der Waals surface area (Å²) in [4.78, 5) is 23.3. The van der Waals surface area contributed by atoms with E-state index in [2.05, 4.69) is 39.3 Å². The maximum atomic E-state index is 13.0. The van der Waals surface area contributed by atoms with Crippen LogP contribution in [0, 0.1) is 12.7 Å². The highest BCUT2D eigenvalue weighted by Gasteiger charge is 2.11. The molecule has 0 fully saturated rings. The topological polar surface area (TPSA) is 70.2 Å². The minimum Gasteiger partial charge on any atom is -0.372 e. The van der Waals surface area contributed by atoms with Crippen molar-refractivity contribution in [2.24, 2.45) is 0 Å². The third-order valence-electron chi connectivity index (χ3n) is 4.44. The summed E-state index contributed by atoms with van der Waals surface area (Å²) in [6.45, 7) is 7.86. The summed E-state index contributed by atoms with van der Waals surface area (Å²) in [5.74, 6) is 0.248. The number of amides is 1. The minimum absolute atomic E-state index is 0.226. The molecule has 0 spiro atoms. The molecule has 2 N–H and O–H groups in total. The van der Waals surface area contributed by atoms with Gasteiger partial charge in [0.1, 0.15) is 23.2 Å². The number of nitrogens with zero attached hydrogens (tertiary/aromatic N) is 3. The predicted molar refractivity (Wildman–Crippen MR) is 114 cm³/mol. The molecule has 3 aromatic rings. The first kappa shape index (κ1) is 20.3. The van der Waals surface area contributed by atoms with Crippen LogP contribution in [0.25, 0.3) is 0 Å². The van der Waals surface area contributed by atoms with Gasteiger partial charge in [0.25, 0.3) is 5.91 Å². The maximum absolute atomic E-state index is 13.0. The first-order valence-electron chi connectivity index (χ1n) is 9.53. The molecule has 7 heteroatoms.